The lowest BCUT2D eigenvalue weighted by Gasteiger charge is -2.35. The van der Waals surface area contributed by atoms with Crippen molar-refractivity contribution in [3.63, 3.8) is 0 Å². The van der Waals surface area contributed by atoms with Crippen LogP contribution in [0.4, 0.5) is 0 Å². The molecule has 0 unspecified atom stereocenters. The molecular weight excluding hydrogens is 274 g/mol. The average molecular weight is 299 g/mol. The number of hydrogen-bond acceptors (Lipinski definition) is 3. The van der Waals surface area contributed by atoms with Gasteiger partial charge in [0, 0.05) is 31.6 Å². The molecule has 4 heteroatoms. The van der Waals surface area contributed by atoms with Crippen LogP contribution in [0.1, 0.15) is 49.1 Å². The number of hydrogen-bond donors (Lipinski definition) is 2. The van der Waals surface area contributed by atoms with E-state index < -0.39 is 5.54 Å². The Bertz CT molecular complexity index is 579. The molecule has 118 valence electrons. The first-order chi connectivity index (χ1) is 10.7. The molecule has 1 aromatic carbocycles. The summed E-state index contributed by atoms with van der Waals surface area (Å²) in [7, 11) is 0. The van der Waals surface area contributed by atoms with Gasteiger partial charge in [-0.05, 0) is 24.0 Å². The summed E-state index contributed by atoms with van der Waals surface area (Å²) in [6.07, 6.45) is 5.09. The first-order valence-electron chi connectivity index (χ1n) is 8.57. The van der Waals surface area contributed by atoms with Crippen molar-refractivity contribution < 1.29 is 4.79 Å². The topological polar surface area (TPSA) is 58.4 Å². The van der Waals surface area contributed by atoms with Crippen LogP contribution in [0.25, 0.3) is 0 Å². The minimum atomic E-state index is -0.606. The minimum Gasteiger partial charge on any atom is -0.339 e. The second-order valence-electron chi connectivity index (χ2n) is 7.22. The Morgan fingerprint density at radius 1 is 1.18 bits per heavy atom. The number of carbonyl (C=O) groups is 1. The molecule has 0 radical (unpaired) electrons. The van der Waals surface area contributed by atoms with Crippen molar-refractivity contribution in [3.05, 3.63) is 35.4 Å². The Morgan fingerprint density at radius 3 is 2.77 bits per heavy atom. The molecule has 3 N–H and O–H groups in total. The maximum atomic E-state index is 13.0. The quantitative estimate of drug-likeness (QED) is 0.830. The van der Waals surface area contributed by atoms with E-state index in [1.807, 2.05) is 4.90 Å². The number of fused-ring (bicyclic) bond motifs is 3. The number of nitrogens with zero attached hydrogens (tertiary/aromatic N) is 1. The van der Waals surface area contributed by atoms with Gasteiger partial charge in [-0.25, -0.2) is 0 Å². The molecule has 2 atom stereocenters. The maximum absolute atomic E-state index is 13.0. The van der Waals surface area contributed by atoms with Crippen LogP contribution >= 0.6 is 0 Å². The van der Waals surface area contributed by atoms with Crippen LogP contribution in [0.2, 0.25) is 0 Å². The van der Waals surface area contributed by atoms with Crippen molar-refractivity contribution in [3.8, 4) is 0 Å². The molecule has 2 aliphatic heterocycles. The van der Waals surface area contributed by atoms with E-state index in [0.717, 1.165) is 45.3 Å². The Kier molecular flexibility index (Phi) is 3.46. The zero-order chi connectivity index (χ0) is 15.2. The van der Waals surface area contributed by atoms with Crippen LogP contribution < -0.4 is 11.1 Å². The van der Waals surface area contributed by atoms with Crippen LogP contribution in [0.15, 0.2) is 24.3 Å². The highest BCUT2D eigenvalue weighted by atomic mass is 16.2. The fourth-order valence-electron chi connectivity index (χ4n) is 4.50. The Labute approximate surface area is 132 Å². The van der Waals surface area contributed by atoms with Gasteiger partial charge in [0.1, 0.15) is 0 Å². The van der Waals surface area contributed by atoms with E-state index >= 15 is 0 Å². The Balaban J connectivity index is 1.54. The summed E-state index contributed by atoms with van der Waals surface area (Å²) in [6.45, 7) is 2.52. The van der Waals surface area contributed by atoms with Gasteiger partial charge in [0.25, 0.3) is 0 Å². The maximum Gasteiger partial charge on any atom is 0.242 e. The van der Waals surface area contributed by atoms with E-state index in [1.165, 1.54) is 17.5 Å². The van der Waals surface area contributed by atoms with Crippen LogP contribution in [-0.4, -0.2) is 35.5 Å². The van der Waals surface area contributed by atoms with Gasteiger partial charge < -0.3 is 16.0 Å². The molecule has 4 nitrogen and oxygen atoms in total. The van der Waals surface area contributed by atoms with E-state index in [4.69, 9.17) is 5.73 Å². The number of carbonyl (C=O) groups excluding carboxylic acids is 1. The van der Waals surface area contributed by atoms with Crippen LogP contribution in [0, 0.1) is 0 Å². The zero-order valence-electron chi connectivity index (χ0n) is 13.1. The summed E-state index contributed by atoms with van der Waals surface area (Å²) in [6, 6.07) is 8.99. The van der Waals surface area contributed by atoms with E-state index in [1.54, 1.807) is 0 Å². The molecule has 0 spiro atoms. The molecule has 0 aromatic heterocycles. The van der Waals surface area contributed by atoms with Gasteiger partial charge in [-0.1, -0.05) is 43.5 Å². The van der Waals surface area contributed by atoms with Gasteiger partial charge >= 0.3 is 0 Å². The summed E-state index contributed by atoms with van der Waals surface area (Å²) in [5.41, 5.74) is 8.64. The molecule has 1 amide bonds. The number of likely N-dealkylation sites (tertiary alicyclic amines) is 1. The van der Waals surface area contributed by atoms with E-state index in [-0.39, 0.29) is 5.91 Å². The Hall–Kier alpha value is -1.39. The van der Waals surface area contributed by atoms with Gasteiger partial charge in [0.15, 0.2) is 0 Å². The van der Waals surface area contributed by atoms with Gasteiger partial charge in [0.2, 0.25) is 5.91 Å². The van der Waals surface area contributed by atoms with Gasteiger partial charge in [-0.2, -0.15) is 0 Å². The lowest BCUT2D eigenvalue weighted by molar-refractivity contribution is -0.137. The van der Waals surface area contributed by atoms with E-state index in [9.17, 15) is 4.79 Å². The summed E-state index contributed by atoms with van der Waals surface area (Å²) in [4.78, 5) is 15.0. The first-order valence-corrected chi connectivity index (χ1v) is 8.57. The number of rotatable bonds is 1. The van der Waals surface area contributed by atoms with Gasteiger partial charge in [-0.3, -0.25) is 4.79 Å². The Morgan fingerprint density at radius 2 is 1.95 bits per heavy atom. The van der Waals surface area contributed by atoms with E-state index in [0.29, 0.717) is 12.0 Å². The van der Waals surface area contributed by atoms with Gasteiger partial charge in [-0.15, -0.1) is 0 Å². The number of benzene rings is 1. The molecule has 0 bridgehead atoms. The molecule has 3 aliphatic rings. The number of nitrogens with two attached hydrogens (primary N) is 1. The summed E-state index contributed by atoms with van der Waals surface area (Å²) < 4.78 is 0. The van der Waals surface area contributed by atoms with Crippen molar-refractivity contribution in [2.45, 2.75) is 56.1 Å². The predicted octanol–water partition coefficient (Wildman–Crippen LogP) is 1.75. The fraction of sp³-hybridized carbons (Fsp3) is 0.611. The highest BCUT2D eigenvalue weighted by Gasteiger charge is 2.45. The van der Waals surface area contributed by atoms with Crippen molar-refractivity contribution in [1.29, 1.82) is 0 Å². The lowest BCUT2D eigenvalue weighted by Crippen LogP contribution is -2.56. The predicted molar refractivity (Wildman–Crippen MR) is 86.4 cm³/mol. The largest absolute Gasteiger partial charge is 0.339 e. The van der Waals surface area contributed by atoms with Crippen molar-refractivity contribution in [2.24, 2.45) is 5.73 Å². The normalized spacial score (nSPS) is 29.8. The van der Waals surface area contributed by atoms with Crippen LogP contribution in [0.5, 0.6) is 0 Å². The number of nitrogens with one attached hydrogen (secondary N) is 1. The summed E-state index contributed by atoms with van der Waals surface area (Å²) in [5, 5.41) is 3.60. The van der Waals surface area contributed by atoms with Crippen molar-refractivity contribution in [1.82, 2.24) is 10.2 Å². The minimum absolute atomic E-state index is 0.181. The SMILES string of the molecule is NC1(C(=O)N2C[C@@H]3NCc4ccccc4[C@@H]3C2)CCCCC1. The average Bonchev–Trinajstić information content (AvgIpc) is 2.99. The van der Waals surface area contributed by atoms with Crippen molar-refractivity contribution in [2.75, 3.05) is 13.1 Å². The third-order valence-corrected chi connectivity index (χ3v) is 5.79. The highest BCUT2D eigenvalue weighted by molar-refractivity contribution is 5.86. The second kappa shape index (κ2) is 5.36. The van der Waals surface area contributed by atoms with Crippen molar-refractivity contribution >= 4 is 5.91 Å². The van der Waals surface area contributed by atoms with Crippen LogP contribution in [0.3, 0.4) is 0 Å². The van der Waals surface area contributed by atoms with Crippen LogP contribution in [-0.2, 0) is 11.3 Å². The molecule has 2 heterocycles. The number of amides is 1. The molecule has 1 saturated heterocycles. The molecule has 1 aliphatic carbocycles. The molecule has 4 rings (SSSR count). The highest BCUT2D eigenvalue weighted by Crippen LogP contribution is 2.36. The smallest absolute Gasteiger partial charge is 0.242 e. The molecule has 1 saturated carbocycles. The monoisotopic (exact) mass is 299 g/mol. The molecule has 22 heavy (non-hydrogen) atoms. The zero-order valence-corrected chi connectivity index (χ0v) is 13.1. The first kappa shape index (κ1) is 14.2. The third kappa shape index (κ3) is 2.25. The standard InChI is InChI=1S/C18H25N3O/c19-18(8-4-1-5-9-18)17(22)21-11-15-14-7-3-2-6-13(14)10-20-16(15)12-21/h2-3,6-7,15-16,20H,1,4-5,8-12,19H2/t15-,16-/m0/s1. The van der Waals surface area contributed by atoms with E-state index in [2.05, 4.69) is 29.6 Å². The third-order valence-electron chi connectivity index (χ3n) is 5.79. The summed E-state index contributed by atoms with van der Waals surface area (Å²) >= 11 is 0. The molecule has 2 fully saturated rings. The molecule has 1 aromatic rings. The second-order valence-corrected chi connectivity index (χ2v) is 7.22. The van der Waals surface area contributed by atoms with Gasteiger partial charge in [0.05, 0.1) is 5.54 Å². The lowest BCUT2D eigenvalue weighted by atomic mass is 9.81. The summed E-state index contributed by atoms with van der Waals surface area (Å²) in [5.74, 6) is 0.599. The molecular formula is C18H25N3O. The fourth-order valence-corrected chi connectivity index (χ4v) is 4.50.